The Kier molecular flexibility index (Phi) is 5.94. The molecule has 2 rings (SSSR count). The first-order chi connectivity index (χ1) is 9.61. The number of rotatable bonds is 6. The van der Waals surface area contributed by atoms with Crippen LogP contribution in [0.3, 0.4) is 0 Å². The standard InChI is InChI=1S/C17H27NOS/c1-5-18-16(11-20-17-8-9-19-14(17)4)15-7-6-12(2)10-13(15)3/h6-7,10,14,16-18H,5,8-9,11H2,1-4H3. The monoisotopic (exact) mass is 293 g/mol. The van der Waals surface area contributed by atoms with Crippen molar-refractivity contribution in [1.29, 1.82) is 0 Å². The molecule has 3 atom stereocenters. The molecule has 0 spiro atoms. The fourth-order valence-electron chi connectivity index (χ4n) is 2.87. The molecule has 1 N–H and O–H groups in total. The highest BCUT2D eigenvalue weighted by molar-refractivity contribution is 8.00. The molecule has 1 heterocycles. The molecule has 20 heavy (non-hydrogen) atoms. The van der Waals surface area contributed by atoms with Crippen LogP contribution < -0.4 is 5.32 Å². The zero-order chi connectivity index (χ0) is 14.5. The van der Waals surface area contributed by atoms with Gasteiger partial charge in [0.25, 0.3) is 0 Å². The van der Waals surface area contributed by atoms with E-state index in [1.54, 1.807) is 0 Å². The molecule has 0 amide bonds. The Balaban J connectivity index is 2.02. The van der Waals surface area contributed by atoms with Crippen molar-refractivity contribution in [2.24, 2.45) is 0 Å². The third kappa shape index (κ3) is 4.00. The second-order valence-electron chi connectivity index (χ2n) is 5.71. The molecule has 1 fully saturated rings. The van der Waals surface area contributed by atoms with Crippen LogP contribution in [0.4, 0.5) is 0 Å². The van der Waals surface area contributed by atoms with E-state index < -0.39 is 0 Å². The number of thioether (sulfide) groups is 1. The minimum atomic E-state index is 0.404. The zero-order valence-corrected chi connectivity index (χ0v) is 13.9. The summed E-state index contributed by atoms with van der Waals surface area (Å²) in [5, 5.41) is 4.29. The molecule has 0 saturated carbocycles. The highest BCUT2D eigenvalue weighted by Gasteiger charge is 2.26. The van der Waals surface area contributed by atoms with Gasteiger partial charge in [-0.1, -0.05) is 30.7 Å². The first kappa shape index (κ1) is 15.9. The van der Waals surface area contributed by atoms with Gasteiger partial charge in [0.2, 0.25) is 0 Å². The van der Waals surface area contributed by atoms with E-state index in [4.69, 9.17) is 4.74 Å². The van der Waals surface area contributed by atoms with Crippen LogP contribution in [0.1, 0.15) is 43.0 Å². The summed E-state index contributed by atoms with van der Waals surface area (Å²) in [5.74, 6) is 1.12. The maximum absolute atomic E-state index is 5.66. The van der Waals surface area contributed by atoms with E-state index in [1.165, 1.54) is 23.1 Å². The summed E-state index contributed by atoms with van der Waals surface area (Å²) in [4.78, 5) is 0. The lowest BCUT2D eigenvalue weighted by atomic mass is 10.0. The van der Waals surface area contributed by atoms with Crippen LogP contribution in [-0.4, -0.2) is 30.3 Å². The molecular weight excluding hydrogens is 266 g/mol. The first-order valence-electron chi connectivity index (χ1n) is 7.65. The third-order valence-corrected chi connectivity index (χ3v) is 5.61. The summed E-state index contributed by atoms with van der Waals surface area (Å²) < 4.78 is 5.66. The van der Waals surface area contributed by atoms with Gasteiger partial charge in [-0.05, 0) is 44.9 Å². The summed E-state index contributed by atoms with van der Waals surface area (Å²) in [6.07, 6.45) is 1.60. The number of hydrogen-bond donors (Lipinski definition) is 1. The predicted molar refractivity (Wildman–Crippen MR) is 88.6 cm³/mol. The van der Waals surface area contributed by atoms with E-state index in [1.807, 2.05) is 0 Å². The van der Waals surface area contributed by atoms with Crippen molar-refractivity contribution in [2.45, 2.75) is 51.5 Å². The van der Waals surface area contributed by atoms with Gasteiger partial charge in [-0.3, -0.25) is 0 Å². The summed E-state index contributed by atoms with van der Waals surface area (Å²) in [6, 6.07) is 7.23. The van der Waals surface area contributed by atoms with Gasteiger partial charge in [-0.2, -0.15) is 11.8 Å². The Morgan fingerprint density at radius 2 is 2.20 bits per heavy atom. The summed E-state index contributed by atoms with van der Waals surface area (Å²) in [6.45, 7) is 10.7. The molecule has 0 radical (unpaired) electrons. The molecule has 3 unspecified atom stereocenters. The van der Waals surface area contributed by atoms with Crippen molar-refractivity contribution in [1.82, 2.24) is 5.32 Å². The van der Waals surface area contributed by atoms with Crippen LogP contribution in [0.15, 0.2) is 18.2 Å². The highest BCUT2D eigenvalue weighted by atomic mass is 32.2. The van der Waals surface area contributed by atoms with Crippen LogP contribution in [-0.2, 0) is 4.74 Å². The summed E-state index contributed by atoms with van der Waals surface area (Å²) in [7, 11) is 0. The molecule has 3 heteroatoms. The Labute approximate surface area is 127 Å². The molecular formula is C17H27NOS. The minimum Gasteiger partial charge on any atom is -0.377 e. The van der Waals surface area contributed by atoms with Gasteiger partial charge < -0.3 is 10.1 Å². The summed E-state index contributed by atoms with van der Waals surface area (Å²) >= 11 is 2.06. The molecule has 0 aromatic heterocycles. The average Bonchev–Trinajstić information content (AvgIpc) is 2.81. The second kappa shape index (κ2) is 7.48. The Morgan fingerprint density at radius 1 is 1.40 bits per heavy atom. The largest absolute Gasteiger partial charge is 0.377 e. The lowest BCUT2D eigenvalue weighted by molar-refractivity contribution is 0.127. The number of nitrogens with one attached hydrogen (secondary N) is 1. The van der Waals surface area contributed by atoms with Gasteiger partial charge in [-0.25, -0.2) is 0 Å². The van der Waals surface area contributed by atoms with Gasteiger partial charge >= 0.3 is 0 Å². The van der Waals surface area contributed by atoms with Crippen molar-refractivity contribution in [2.75, 3.05) is 18.9 Å². The third-order valence-electron chi connectivity index (χ3n) is 4.03. The lowest BCUT2D eigenvalue weighted by Crippen LogP contribution is -2.25. The molecule has 0 aliphatic carbocycles. The van der Waals surface area contributed by atoms with Crippen LogP contribution >= 0.6 is 11.8 Å². The maximum Gasteiger partial charge on any atom is 0.0666 e. The Hall–Kier alpha value is -0.510. The van der Waals surface area contributed by atoms with Crippen molar-refractivity contribution >= 4 is 11.8 Å². The molecule has 0 bridgehead atoms. The number of benzene rings is 1. The van der Waals surface area contributed by atoms with Crippen molar-refractivity contribution in [3.8, 4) is 0 Å². The second-order valence-corrected chi connectivity index (χ2v) is 6.98. The fraction of sp³-hybridized carbons (Fsp3) is 0.647. The van der Waals surface area contributed by atoms with Crippen LogP contribution in [0, 0.1) is 13.8 Å². The van der Waals surface area contributed by atoms with Gasteiger partial charge in [0.1, 0.15) is 0 Å². The van der Waals surface area contributed by atoms with Crippen molar-refractivity contribution in [3.63, 3.8) is 0 Å². The van der Waals surface area contributed by atoms with Gasteiger partial charge in [-0.15, -0.1) is 0 Å². The molecule has 112 valence electrons. The van der Waals surface area contributed by atoms with Crippen molar-refractivity contribution in [3.05, 3.63) is 34.9 Å². The smallest absolute Gasteiger partial charge is 0.0666 e. The molecule has 1 aromatic carbocycles. The molecule has 1 saturated heterocycles. The van der Waals surface area contributed by atoms with E-state index >= 15 is 0 Å². The SMILES string of the molecule is CCNC(CSC1CCOC1C)c1ccc(C)cc1C. The highest BCUT2D eigenvalue weighted by Crippen LogP contribution is 2.30. The fourth-order valence-corrected chi connectivity index (χ4v) is 4.22. The normalized spacial score (nSPS) is 24.0. The number of ether oxygens (including phenoxy) is 1. The average molecular weight is 293 g/mol. The minimum absolute atomic E-state index is 0.404. The Bertz CT molecular complexity index is 435. The van der Waals surface area contributed by atoms with Gasteiger partial charge in [0.15, 0.2) is 0 Å². The summed E-state index contributed by atoms with van der Waals surface area (Å²) in [5.41, 5.74) is 4.18. The van der Waals surface area contributed by atoms with E-state index in [-0.39, 0.29) is 0 Å². The first-order valence-corrected chi connectivity index (χ1v) is 8.70. The van der Waals surface area contributed by atoms with Gasteiger partial charge in [0, 0.05) is 23.7 Å². The van der Waals surface area contributed by atoms with E-state index in [2.05, 4.69) is 63.0 Å². The van der Waals surface area contributed by atoms with E-state index in [0.717, 1.165) is 18.9 Å². The topological polar surface area (TPSA) is 21.3 Å². The number of aryl methyl sites for hydroxylation is 2. The number of hydrogen-bond acceptors (Lipinski definition) is 3. The van der Waals surface area contributed by atoms with E-state index in [0.29, 0.717) is 17.4 Å². The van der Waals surface area contributed by atoms with Crippen LogP contribution in [0.2, 0.25) is 0 Å². The van der Waals surface area contributed by atoms with Crippen LogP contribution in [0.25, 0.3) is 0 Å². The lowest BCUT2D eigenvalue weighted by Gasteiger charge is -2.23. The van der Waals surface area contributed by atoms with Crippen LogP contribution in [0.5, 0.6) is 0 Å². The quantitative estimate of drug-likeness (QED) is 0.860. The van der Waals surface area contributed by atoms with Gasteiger partial charge in [0.05, 0.1) is 6.10 Å². The molecule has 1 aromatic rings. The predicted octanol–water partition coefficient (Wildman–Crippen LogP) is 3.86. The molecule has 1 aliphatic rings. The molecule has 1 aliphatic heterocycles. The van der Waals surface area contributed by atoms with E-state index in [9.17, 15) is 0 Å². The van der Waals surface area contributed by atoms with Crippen molar-refractivity contribution < 1.29 is 4.74 Å². The Morgan fingerprint density at radius 3 is 2.80 bits per heavy atom. The zero-order valence-electron chi connectivity index (χ0n) is 13.1. The molecule has 2 nitrogen and oxygen atoms in total. The maximum atomic E-state index is 5.66.